The second-order valence-electron chi connectivity index (χ2n) is 4.67. The first-order chi connectivity index (χ1) is 10.3. The van der Waals surface area contributed by atoms with Gasteiger partial charge in [0.25, 0.3) is 0 Å². The maximum absolute atomic E-state index is 5.86. The van der Waals surface area contributed by atoms with Crippen LogP contribution >= 0.6 is 27.3 Å². The smallest absolute Gasteiger partial charge is 0.140 e. The van der Waals surface area contributed by atoms with Crippen LogP contribution in [0.15, 0.2) is 46.9 Å². The lowest BCUT2D eigenvalue weighted by molar-refractivity contribution is 0.304. The molecule has 3 aromatic rings. The second-order valence-corrected chi connectivity index (χ2v) is 6.64. The number of nitrogens with two attached hydrogens (primary N) is 1. The molecule has 108 valence electrons. The number of hydrogen-bond acceptors (Lipinski definition) is 4. The molecule has 1 aromatic heterocycles. The molecule has 0 saturated heterocycles. The van der Waals surface area contributed by atoms with E-state index in [4.69, 9.17) is 10.5 Å². The Morgan fingerprint density at radius 1 is 1.19 bits per heavy atom. The quantitative estimate of drug-likeness (QED) is 0.741. The van der Waals surface area contributed by atoms with Crippen LogP contribution in [0.2, 0.25) is 0 Å². The Labute approximate surface area is 135 Å². The molecule has 1 heterocycles. The van der Waals surface area contributed by atoms with E-state index in [9.17, 15) is 0 Å². The molecule has 2 N–H and O–H groups in total. The Morgan fingerprint density at radius 2 is 2.05 bits per heavy atom. The van der Waals surface area contributed by atoms with E-state index in [-0.39, 0.29) is 0 Å². The summed E-state index contributed by atoms with van der Waals surface area (Å²) in [5.74, 6) is 0.829. The largest absolute Gasteiger partial charge is 0.485 e. The van der Waals surface area contributed by atoms with Crippen LogP contribution in [0.4, 0.5) is 0 Å². The van der Waals surface area contributed by atoms with Crippen molar-refractivity contribution in [3.8, 4) is 5.75 Å². The molecule has 3 rings (SSSR count). The van der Waals surface area contributed by atoms with Crippen LogP contribution in [0.3, 0.4) is 0 Å². The first kappa shape index (κ1) is 14.5. The van der Waals surface area contributed by atoms with E-state index in [1.165, 1.54) is 10.3 Å². The molecule has 0 spiro atoms. The fraction of sp³-hybridized carbons (Fsp3) is 0.188. The third kappa shape index (κ3) is 3.43. The van der Waals surface area contributed by atoms with Crippen LogP contribution in [-0.2, 0) is 13.0 Å². The number of fused-ring (bicyclic) bond motifs is 1. The lowest BCUT2D eigenvalue weighted by atomic mass is 10.1. The van der Waals surface area contributed by atoms with Crippen molar-refractivity contribution < 1.29 is 4.74 Å². The zero-order chi connectivity index (χ0) is 14.7. The molecule has 0 amide bonds. The van der Waals surface area contributed by atoms with Crippen molar-refractivity contribution in [3.05, 3.63) is 57.5 Å². The molecule has 0 aliphatic heterocycles. The Kier molecular flexibility index (Phi) is 4.53. The number of hydrogen-bond donors (Lipinski definition) is 1. The predicted molar refractivity (Wildman–Crippen MR) is 90.9 cm³/mol. The fourth-order valence-corrected chi connectivity index (χ4v) is 3.53. The number of halogens is 1. The first-order valence-electron chi connectivity index (χ1n) is 6.72. The van der Waals surface area contributed by atoms with Crippen molar-refractivity contribution in [2.75, 3.05) is 6.54 Å². The second kappa shape index (κ2) is 6.56. The average molecular weight is 363 g/mol. The minimum Gasteiger partial charge on any atom is -0.485 e. The predicted octanol–water partition coefficient (Wildman–Crippen LogP) is 4.14. The number of aromatic nitrogens is 1. The number of thiazole rings is 1. The molecule has 0 fully saturated rings. The molecule has 0 aliphatic rings. The van der Waals surface area contributed by atoms with Crippen molar-refractivity contribution in [2.45, 2.75) is 13.0 Å². The summed E-state index contributed by atoms with van der Waals surface area (Å²) >= 11 is 5.21. The number of nitrogens with zero attached hydrogens (tertiary/aromatic N) is 1. The van der Waals surface area contributed by atoms with Gasteiger partial charge in [0.15, 0.2) is 0 Å². The third-order valence-electron chi connectivity index (χ3n) is 3.12. The molecule has 0 bridgehead atoms. The van der Waals surface area contributed by atoms with Gasteiger partial charge in [0.2, 0.25) is 0 Å². The first-order valence-corrected chi connectivity index (χ1v) is 8.33. The van der Waals surface area contributed by atoms with Crippen LogP contribution < -0.4 is 10.5 Å². The van der Waals surface area contributed by atoms with Gasteiger partial charge in [0, 0.05) is 0 Å². The van der Waals surface area contributed by atoms with E-state index >= 15 is 0 Å². The number of rotatable bonds is 5. The Balaban J connectivity index is 1.72. The van der Waals surface area contributed by atoms with Gasteiger partial charge in [0.1, 0.15) is 17.4 Å². The van der Waals surface area contributed by atoms with Crippen molar-refractivity contribution >= 4 is 37.5 Å². The molecule has 0 atom stereocenters. The van der Waals surface area contributed by atoms with Gasteiger partial charge < -0.3 is 10.5 Å². The van der Waals surface area contributed by atoms with Crippen LogP contribution in [0.25, 0.3) is 10.2 Å². The van der Waals surface area contributed by atoms with Gasteiger partial charge in [-0.25, -0.2) is 4.98 Å². The summed E-state index contributed by atoms with van der Waals surface area (Å²) in [7, 11) is 0. The monoisotopic (exact) mass is 362 g/mol. The molecule has 0 radical (unpaired) electrons. The highest BCUT2D eigenvalue weighted by Gasteiger charge is 2.06. The number of para-hydroxylation sites is 1. The SMILES string of the molecule is NCCc1ccc(OCc2nc3ccccc3s2)c(Br)c1. The summed E-state index contributed by atoms with van der Waals surface area (Å²) in [5.41, 5.74) is 7.80. The van der Waals surface area contributed by atoms with Crippen LogP contribution in [-0.4, -0.2) is 11.5 Å². The van der Waals surface area contributed by atoms with Crippen molar-refractivity contribution in [1.82, 2.24) is 4.98 Å². The van der Waals surface area contributed by atoms with Gasteiger partial charge in [-0.15, -0.1) is 11.3 Å². The molecule has 0 unspecified atom stereocenters. The molecule has 2 aromatic carbocycles. The molecule has 5 heteroatoms. The Bertz CT molecular complexity index is 724. The summed E-state index contributed by atoms with van der Waals surface area (Å²) in [6, 6.07) is 14.2. The highest BCUT2D eigenvalue weighted by Crippen LogP contribution is 2.28. The number of ether oxygens (including phenoxy) is 1. The van der Waals surface area contributed by atoms with Gasteiger partial charge in [-0.3, -0.25) is 0 Å². The summed E-state index contributed by atoms with van der Waals surface area (Å²) < 4.78 is 8.00. The van der Waals surface area contributed by atoms with Crippen molar-refractivity contribution in [1.29, 1.82) is 0 Å². The molecule has 21 heavy (non-hydrogen) atoms. The van der Waals surface area contributed by atoms with Gasteiger partial charge >= 0.3 is 0 Å². The van der Waals surface area contributed by atoms with Gasteiger partial charge in [-0.2, -0.15) is 0 Å². The molecule has 0 saturated carbocycles. The normalized spacial score (nSPS) is 11.0. The number of benzene rings is 2. The lowest BCUT2D eigenvalue weighted by Gasteiger charge is -2.08. The zero-order valence-electron chi connectivity index (χ0n) is 11.4. The topological polar surface area (TPSA) is 48.1 Å². The highest BCUT2D eigenvalue weighted by atomic mass is 79.9. The minimum absolute atomic E-state index is 0.480. The van der Waals surface area contributed by atoms with Crippen molar-refractivity contribution in [2.24, 2.45) is 5.73 Å². The van der Waals surface area contributed by atoms with Crippen molar-refractivity contribution in [3.63, 3.8) is 0 Å². The Morgan fingerprint density at radius 3 is 2.81 bits per heavy atom. The molecular formula is C16H15BrN2OS. The van der Waals surface area contributed by atoms with Crippen LogP contribution in [0.5, 0.6) is 5.75 Å². The van der Waals surface area contributed by atoms with Crippen LogP contribution in [0.1, 0.15) is 10.6 Å². The maximum Gasteiger partial charge on any atom is 0.140 e. The summed E-state index contributed by atoms with van der Waals surface area (Å²) in [5, 5.41) is 0.981. The summed E-state index contributed by atoms with van der Waals surface area (Å²) in [6.45, 7) is 1.13. The molecule has 0 aliphatic carbocycles. The van der Waals surface area contributed by atoms with Gasteiger partial charge in [-0.1, -0.05) is 18.2 Å². The molecule has 3 nitrogen and oxygen atoms in total. The fourth-order valence-electron chi connectivity index (χ4n) is 2.10. The van der Waals surface area contributed by atoms with Crippen LogP contribution in [0, 0.1) is 0 Å². The van der Waals surface area contributed by atoms with E-state index in [0.717, 1.165) is 27.2 Å². The van der Waals surface area contributed by atoms with Gasteiger partial charge in [-0.05, 0) is 58.7 Å². The summed E-state index contributed by atoms with van der Waals surface area (Å²) in [6.07, 6.45) is 0.872. The van der Waals surface area contributed by atoms with E-state index in [2.05, 4.69) is 33.0 Å². The van der Waals surface area contributed by atoms with E-state index in [1.54, 1.807) is 11.3 Å². The van der Waals surface area contributed by atoms with Gasteiger partial charge in [0.05, 0.1) is 14.7 Å². The zero-order valence-corrected chi connectivity index (χ0v) is 13.8. The molecular weight excluding hydrogens is 348 g/mol. The van der Waals surface area contributed by atoms with E-state index in [1.807, 2.05) is 30.3 Å². The summed E-state index contributed by atoms with van der Waals surface area (Å²) in [4.78, 5) is 4.57. The maximum atomic E-state index is 5.86. The third-order valence-corrected chi connectivity index (χ3v) is 4.75. The standard InChI is InChI=1S/C16H15BrN2OS/c17-12-9-11(7-8-18)5-6-14(12)20-10-16-19-13-3-1-2-4-15(13)21-16/h1-6,9H,7-8,10,18H2. The Hall–Kier alpha value is -1.43. The van der Waals surface area contributed by atoms with E-state index in [0.29, 0.717) is 13.2 Å². The van der Waals surface area contributed by atoms with E-state index < -0.39 is 0 Å². The highest BCUT2D eigenvalue weighted by molar-refractivity contribution is 9.10. The average Bonchev–Trinajstić information content (AvgIpc) is 2.89. The minimum atomic E-state index is 0.480. The lowest BCUT2D eigenvalue weighted by Crippen LogP contribution is -2.03.